The van der Waals surface area contributed by atoms with Crippen molar-refractivity contribution in [3.8, 4) is 5.69 Å². The summed E-state index contributed by atoms with van der Waals surface area (Å²) >= 11 is 0. The summed E-state index contributed by atoms with van der Waals surface area (Å²) in [6.45, 7) is 0.949. The van der Waals surface area contributed by atoms with Crippen LogP contribution in [0.2, 0.25) is 0 Å². The van der Waals surface area contributed by atoms with Gasteiger partial charge in [-0.15, -0.1) is 5.10 Å². The first-order chi connectivity index (χ1) is 9.68. The van der Waals surface area contributed by atoms with E-state index >= 15 is 0 Å². The second-order valence-corrected chi connectivity index (χ2v) is 6.31. The molecule has 1 aromatic heterocycles. The minimum atomic E-state index is -3.43. The zero-order valence-corrected chi connectivity index (χ0v) is 11.4. The lowest BCUT2D eigenvalue weighted by atomic mass is 10.3. The molecule has 7 nitrogen and oxygen atoms in total. The number of benzene rings is 1. The van der Waals surface area contributed by atoms with Gasteiger partial charge in [0.05, 0.1) is 10.6 Å². The summed E-state index contributed by atoms with van der Waals surface area (Å²) < 4.78 is 27.8. The summed E-state index contributed by atoms with van der Waals surface area (Å²) in [5.74, 6) is 0. The number of nitrogens with zero attached hydrogens (tertiary/aromatic N) is 5. The number of hydrogen-bond donors (Lipinski definition) is 0. The molecule has 0 bridgehead atoms. The Morgan fingerprint density at radius 3 is 2.50 bits per heavy atom. The fourth-order valence-corrected chi connectivity index (χ4v) is 3.44. The SMILES string of the molecule is O=S(=O)(c1ccc(-n2cnnn2)cc1)N1CC=CCC1. The highest BCUT2D eigenvalue weighted by atomic mass is 32.2. The van der Waals surface area contributed by atoms with Gasteiger partial charge in [-0.1, -0.05) is 12.2 Å². The molecule has 0 amide bonds. The van der Waals surface area contributed by atoms with Crippen LogP contribution in [0.5, 0.6) is 0 Å². The molecule has 0 aliphatic carbocycles. The minimum absolute atomic E-state index is 0.282. The fraction of sp³-hybridized carbons (Fsp3) is 0.250. The third-order valence-electron chi connectivity index (χ3n) is 3.11. The predicted octanol–water partition coefficient (Wildman–Crippen LogP) is 0.613. The molecule has 0 unspecified atom stereocenters. The van der Waals surface area contributed by atoms with Crippen molar-refractivity contribution in [3.05, 3.63) is 42.7 Å². The van der Waals surface area contributed by atoms with Crippen molar-refractivity contribution in [3.63, 3.8) is 0 Å². The van der Waals surface area contributed by atoms with Gasteiger partial charge in [-0.2, -0.15) is 4.31 Å². The summed E-state index contributed by atoms with van der Waals surface area (Å²) in [6, 6.07) is 6.52. The van der Waals surface area contributed by atoms with Gasteiger partial charge in [0, 0.05) is 13.1 Å². The van der Waals surface area contributed by atoms with Crippen LogP contribution in [0.15, 0.2) is 47.6 Å². The highest BCUT2D eigenvalue weighted by Gasteiger charge is 2.24. The lowest BCUT2D eigenvalue weighted by Gasteiger charge is -2.22. The van der Waals surface area contributed by atoms with E-state index in [-0.39, 0.29) is 4.90 Å². The molecule has 0 fully saturated rings. The molecule has 1 aromatic carbocycles. The van der Waals surface area contributed by atoms with Crippen LogP contribution in [0.4, 0.5) is 0 Å². The smallest absolute Gasteiger partial charge is 0.207 e. The van der Waals surface area contributed by atoms with Crippen molar-refractivity contribution < 1.29 is 8.42 Å². The maximum absolute atomic E-state index is 12.4. The Morgan fingerprint density at radius 2 is 1.90 bits per heavy atom. The van der Waals surface area contributed by atoms with Gasteiger partial charge in [-0.05, 0) is 41.1 Å². The lowest BCUT2D eigenvalue weighted by Crippen LogP contribution is -2.33. The second-order valence-electron chi connectivity index (χ2n) is 4.37. The molecule has 3 rings (SSSR count). The van der Waals surface area contributed by atoms with Crippen LogP contribution in [0, 0.1) is 0 Å². The molecule has 0 saturated heterocycles. The zero-order chi connectivity index (χ0) is 14.0. The van der Waals surface area contributed by atoms with E-state index in [1.807, 2.05) is 12.2 Å². The van der Waals surface area contributed by atoms with Gasteiger partial charge in [-0.25, -0.2) is 13.1 Å². The Kier molecular flexibility index (Phi) is 3.33. The van der Waals surface area contributed by atoms with Crippen LogP contribution in [0.25, 0.3) is 5.69 Å². The average molecular weight is 291 g/mol. The van der Waals surface area contributed by atoms with E-state index in [1.54, 1.807) is 24.3 Å². The van der Waals surface area contributed by atoms with Gasteiger partial charge in [-0.3, -0.25) is 0 Å². The Bertz CT molecular complexity index is 707. The predicted molar refractivity (Wildman–Crippen MR) is 71.7 cm³/mol. The maximum Gasteiger partial charge on any atom is 0.243 e. The Morgan fingerprint density at radius 1 is 1.10 bits per heavy atom. The summed E-state index contributed by atoms with van der Waals surface area (Å²) in [5, 5.41) is 10.8. The van der Waals surface area contributed by atoms with Gasteiger partial charge in [0.2, 0.25) is 10.0 Å². The Labute approximate surface area is 116 Å². The summed E-state index contributed by atoms with van der Waals surface area (Å²) in [7, 11) is -3.43. The van der Waals surface area contributed by atoms with Crippen molar-refractivity contribution in [2.45, 2.75) is 11.3 Å². The standard InChI is InChI=1S/C12H13N5O2S/c18-20(19,16-8-2-1-3-9-16)12-6-4-11(5-7-12)17-10-13-14-15-17/h1-2,4-7,10H,3,8-9H2. The highest BCUT2D eigenvalue weighted by Crippen LogP contribution is 2.19. The maximum atomic E-state index is 12.4. The Hall–Kier alpha value is -2.06. The molecule has 1 aliphatic rings. The Balaban J connectivity index is 1.89. The molecule has 0 spiro atoms. The van der Waals surface area contributed by atoms with Crippen LogP contribution >= 0.6 is 0 Å². The van der Waals surface area contributed by atoms with Crippen molar-refractivity contribution in [2.75, 3.05) is 13.1 Å². The fourth-order valence-electron chi connectivity index (χ4n) is 2.04. The molecule has 0 saturated carbocycles. The number of rotatable bonds is 3. The van der Waals surface area contributed by atoms with Gasteiger partial charge in [0.1, 0.15) is 6.33 Å². The van der Waals surface area contributed by atoms with E-state index in [4.69, 9.17) is 0 Å². The van der Waals surface area contributed by atoms with Crippen LogP contribution in [0.1, 0.15) is 6.42 Å². The van der Waals surface area contributed by atoms with Gasteiger partial charge in [0.15, 0.2) is 0 Å². The highest BCUT2D eigenvalue weighted by molar-refractivity contribution is 7.89. The quantitative estimate of drug-likeness (QED) is 0.774. The van der Waals surface area contributed by atoms with E-state index in [0.29, 0.717) is 18.8 Å². The topological polar surface area (TPSA) is 81.0 Å². The van der Waals surface area contributed by atoms with Gasteiger partial charge in [0.25, 0.3) is 0 Å². The number of aromatic nitrogens is 4. The van der Waals surface area contributed by atoms with E-state index in [9.17, 15) is 8.42 Å². The van der Waals surface area contributed by atoms with Crippen LogP contribution in [-0.2, 0) is 10.0 Å². The van der Waals surface area contributed by atoms with Crippen molar-refractivity contribution in [1.29, 1.82) is 0 Å². The number of tetrazole rings is 1. The monoisotopic (exact) mass is 291 g/mol. The van der Waals surface area contributed by atoms with Gasteiger partial charge < -0.3 is 0 Å². The van der Waals surface area contributed by atoms with E-state index in [2.05, 4.69) is 15.5 Å². The van der Waals surface area contributed by atoms with E-state index < -0.39 is 10.0 Å². The zero-order valence-electron chi connectivity index (χ0n) is 10.6. The first-order valence-electron chi connectivity index (χ1n) is 6.16. The van der Waals surface area contributed by atoms with Crippen molar-refractivity contribution in [2.24, 2.45) is 0 Å². The van der Waals surface area contributed by atoms with Crippen molar-refractivity contribution in [1.82, 2.24) is 24.5 Å². The molecule has 104 valence electrons. The average Bonchev–Trinajstić information content (AvgIpc) is 3.02. The molecule has 0 atom stereocenters. The molecule has 0 radical (unpaired) electrons. The first-order valence-corrected chi connectivity index (χ1v) is 7.60. The lowest BCUT2D eigenvalue weighted by molar-refractivity contribution is 0.437. The second kappa shape index (κ2) is 5.14. The largest absolute Gasteiger partial charge is 0.243 e. The third-order valence-corrected chi connectivity index (χ3v) is 4.99. The normalized spacial score (nSPS) is 16.4. The molecule has 1 aliphatic heterocycles. The van der Waals surface area contributed by atoms with Crippen LogP contribution < -0.4 is 0 Å². The third kappa shape index (κ3) is 2.35. The van der Waals surface area contributed by atoms with Crippen LogP contribution in [-0.4, -0.2) is 46.0 Å². The molecule has 20 heavy (non-hydrogen) atoms. The summed E-state index contributed by atoms with van der Waals surface area (Å²) in [4.78, 5) is 0.282. The number of hydrogen-bond acceptors (Lipinski definition) is 5. The van der Waals surface area contributed by atoms with Crippen LogP contribution in [0.3, 0.4) is 0 Å². The van der Waals surface area contributed by atoms with Gasteiger partial charge >= 0.3 is 0 Å². The summed E-state index contributed by atoms with van der Waals surface area (Å²) in [5.41, 5.74) is 0.715. The first kappa shape index (κ1) is 12.9. The minimum Gasteiger partial charge on any atom is -0.207 e. The van der Waals surface area contributed by atoms with Crippen molar-refractivity contribution >= 4 is 10.0 Å². The number of sulfonamides is 1. The molecule has 2 aromatic rings. The molecular weight excluding hydrogens is 278 g/mol. The van der Waals surface area contributed by atoms with E-state index in [1.165, 1.54) is 15.3 Å². The van der Waals surface area contributed by atoms with E-state index in [0.717, 1.165) is 6.42 Å². The molecule has 0 N–H and O–H groups in total. The molecule has 2 heterocycles. The summed E-state index contributed by atoms with van der Waals surface area (Å²) in [6.07, 6.45) is 6.07. The molecule has 8 heteroatoms. The molecular formula is C12H13N5O2S.